The molecule has 0 N–H and O–H groups in total. The highest BCUT2D eigenvalue weighted by molar-refractivity contribution is 6.02. The quantitative estimate of drug-likeness (QED) is 0.464. The second-order valence-corrected chi connectivity index (χ2v) is 4.86. The molecule has 1 saturated heterocycles. The third-order valence-corrected chi connectivity index (χ3v) is 3.15. The first kappa shape index (κ1) is 18.1. The monoisotopic (exact) mass is 358 g/mol. The number of alkyl halides is 3. The summed E-state index contributed by atoms with van der Waals surface area (Å²) in [6, 6.07) is 2.20. The first-order valence-corrected chi connectivity index (χ1v) is 6.70. The Balaban J connectivity index is 2.33. The van der Waals surface area contributed by atoms with Gasteiger partial charge in [-0.25, -0.2) is 4.79 Å². The summed E-state index contributed by atoms with van der Waals surface area (Å²) in [5.41, 5.74) is -2.41. The third kappa shape index (κ3) is 4.19. The fourth-order valence-electron chi connectivity index (χ4n) is 2.01. The van der Waals surface area contributed by atoms with Gasteiger partial charge in [0, 0.05) is 18.9 Å². The number of hydroxylamine groups is 2. The Morgan fingerprint density at radius 1 is 1.24 bits per heavy atom. The molecule has 1 fully saturated rings. The SMILES string of the molecule is O=C(ON1C(=O)CCC1=O)c1ccc(/C=C/[N+](=O)[O-])c(C(F)(F)F)c1. The van der Waals surface area contributed by atoms with Crippen LogP contribution in [0.15, 0.2) is 24.4 Å². The lowest BCUT2D eigenvalue weighted by molar-refractivity contribution is -0.400. The number of benzene rings is 1. The minimum atomic E-state index is -4.90. The van der Waals surface area contributed by atoms with Crippen molar-refractivity contribution in [3.63, 3.8) is 0 Å². The lowest BCUT2D eigenvalue weighted by Crippen LogP contribution is -2.32. The van der Waals surface area contributed by atoms with Crippen molar-refractivity contribution in [2.24, 2.45) is 0 Å². The van der Waals surface area contributed by atoms with Crippen molar-refractivity contribution in [2.45, 2.75) is 19.0 Å². The Hall–Kier alpha value is -3.24. The molecule has 25 heavy (non-hydrogen) atoms. The lowest BCUT2D eigenvalue weighted by atomic mass is 10.0. The molecular formula is C14H9F3N2O6. The molecule has 2 rings (SSSR count). The van der Waals surface area contributed by atoms with Crippen molar-refractivity contribution in [1.29, 1.82) is 0 Å². The zero-order chi connectivity index (χ0) is 18.8. The van der Waals surface area contributed by atoms with Crippen LogP contribution in [-0.2, 0) is 20.6 Å². The van der Waals surface area contributed by atoms with Crippen LogP contribution < -0.4 is 0 Å². The van der Waals surface area contributed by atoms with Crippen LogP contribution in [0.2, 0.25) is 0 Å². The molecule has 0 bridgehead atoms. The standard InChI is InChI=1S/C14H9F3N2O6/c15-14(16,17)10-7-9(2-1-8(10)5-6-18(23)24)13(22)25-19-11(20)3-4-12(19)21/h1-2,5-7H,3-4H2/b6-5+. The van der Waals surface area contributed by atoms with Gasteiger partial charge >= 0.3 is 12.1 Å². The molecule has 1 aliphatic rings. The summed E-state index contributed by atoms with van der Waals surface area (Å²) in [4.78, 5) is 48.4. The van der Waals surface area contributed by atoms with E-state index in [1.807, 2.05) is 0 Å². The highest BCUT2D eigenvalue weighted by Gasteiger charge is 2.36. The van der Waals surface area contributed by atoms with Gasteiger partial charge in [-0.2, -0.15) is 13.2 Å². The van der Waals surface area contributed by atoms with Crippen LogP contribution in [0.5, 0.6) is 0 Å². The minimum Gasteiger partial charge on any atom is -0.325 e. The molecule has 132 valence electrons. The van der Waals surface area contributed by atoms with Gasteiger partial charge in [0.2, 0.25) is 6.20 Å². The molecule has 0 aromatic heterocycles. The summed E-state index contributed by atoms with van der Waals surface area (Å²) < 4.78 is 39.2. The van der Waals surface area contributed by atoms with Crippen molar-refractivity contribution in [3.05, 3.63) is 51.2 Å². The first-order valence-electron chi connectivity index (χ1n) is 6.70. The number of amides is 2. The molecule has 1 aliphatic heterocycles. The second kappa shape index (κ2) is 6.71. The molecule has 11 heteroatoms. The average molecular weight is 358 g/mol. The van der Waals surface area contributed by atoms with Crippen LogP contribution in [0.4, 0.5) is 13.2 Å². The molecule has 0 aliphatic carbocycles. The van der Waals surface area contributed by atoms with Gasteiger partial charge in [-0.3, -0.25) is 19.7 Å². The van der Waals surface area contributed by atoms with Crippen LogP contribution in [0.1, 0.15) is 34.3 Å². The maximum Gasteiger partial charge on any atom is 0.417 e. The second-order valence-electron chi connectivity index (χ2n) is 4.86. The van der Waals surface area contributed by atoms with E-state index in [1.165, 1.54) is 0 Å². The van der Waals surface area contributed by atoms with Gasteiger partial charge in [-0.05, 0) is 17.7 Å². The van der Waals surface area contributed by atoms with Gasteiger partial charge in [0.25, 0.3) is 11.8 Å². The number of nitrogens with zero attached hydrogens (tertiary/aromatic N) is 2. The summed E-state index contributed by atoms with van der Waals surface area (Å²) in [5, 5.41) is 10.5. The number of imide groups is 1. The van der Waals surface area contributed by atoms with E-state index in [-0.39, 0.29) is 17.9 Å². The molecule has 2 amide bonds. The summed E-state index contributed by atoms with van der Waals surface area (Å²) >= 11 is 0. The Bertz CT molecular complexity index is 771. The number of rotatable bonds is 4. The number of nitro groups is 1. The van der Waals surface area contributed by atoms with Crippen molar-refractivity contribution in [2.75, 3.05) is 0 Å². The van der Waals surface area contributed by atoms with Crippen LogP contribution in [-0.4, -0.2) is 27.8 Å². The zero-order valence-corrected chi connectivity index (χ0v) is 12.3. The third-order valence-electron chi connectivity index (χ3n) is 3.15. The van der Waals surface area contributed by atoms with E-state index in [0.717, 1.165) is 12.1 Å². The molecule has 8 nitrogen and oxygen atoms in total. The largest absolute Gasteiger partial charge is 0.417 e. The Morgan fingerprint density at radius 2 is 1.84 bits per heavy atom. The number of halogens is 3. The summed E-state index contributed by atoms with van der Waals surface area (Å²) in [5.74, 6) is -2.89. The van der Waals surface area contributed by atoms with E-state index in [4.69, 9.17) is 0 Å². The maximum atomic E-state index is 13.1. The van der Waals surface area contributed by atoms with Gasteiger partial charge in [-0.15, -0.1) is 5.06 Å². The topological polar surface area (TPSA) is 107 Å². The van der Waals surface area contributed by atoms with E-state index in [0.29, 0.717) is 18.3 Å². The summed E-state index contributed by atoms with van der Waals surface area (Å²) in [6.45, 7) is 0. The number of carbonyl (C=O) groups excluding carboxylic acids is 3. The van der Waals surface area contributed by atoms with Crippen molar-refractivity contribution in [1.82, 2.24) is 5.06 Å². The Kier molecular flexibility index (Phi) is 4.86. The molecule has 1 aromatic carbocycles. The van der Waals surface area contributed by atoms with E-state index >= 15 is 0 Å². The van der Waals surface area contributed by atoms with Crippen molar-refractivity contribution < 1.29 is 37.3 Å². The predicted molar refractivity (Wildman–Crippen MR) is 74.0 cm³/mol. The fraction of sp³-hybridized carbons (Fsp3) is 0.214. The van der Waals surface area contributed by atoms with Gasteiger partial charge in [0.1, 0.15) is 0 Å². The molecule has 0 radical (unpaired) electrons. The Labute approximate surface area is 137 Å². The van der Waals surface area contributed by atoms with Crippen LogP contribution in [0.3, 0.4) is 0 Å². The maximum absolute atomic E-state index is 13.1. The number of carbonyl (C=O) groups is 3. The minimum absolute atomic E-state index is 0.162. The zero-order valence-electron chi connectivity index (χ0n) is 12.3. The molecular weight excluding hydrogens is 349 g/mol. The van der Waals surface area contributed by atoms with E-state index < -0.39 is 45.6 Å². The smallest absolute Gasteiger partial charge is 0.325 e. The lowest BCUT2D eigenvalue weighted by Gasteiger charge is -2.14. The molecule has 0 unspecified atom stereocenters. The van der Waals surface area contributed by atoms with E-state index in [1.54, 1.807) is 0 Å². The van der Waals surface area contributed by atoms with Gasteiger partial charge in [0.15, 0.2) is 0 Å². The van der Waals surface area contributed by atoms with Crippen LogP contribution >= 0.6 is 0 Å². The highest BCUT2D eigenvalue weighted by Crippen LogP contribution is 2.33. The number of hydrogen-bond acceptors (Lipinski definition) is 6. The predicted octanol–water partition coefficient (Wildman–Crippen LogP) is 2.17. The number of hydrogen-bond donors (Lipinski definition) is 0. The summed E-state index contributed by atoms with van der Waals surface area (Å²) in [7, 11) is 0. The average Bonchev–Trinajstić information content (AvgIpc) is 2.83. The van der Waals surface area contributed by atoms with Crippen LogP contribution in [0, 0.1) is 10.1 Å². The Morgan fingerprint density at radius 3 is 2.36 bits per heavy atom. The molecule has 0 spiro atoms. The summed E-state index contributed by atoms with van der Waals surface area (Å²) in [6.07, 6.45) is -4.27. The highest BCUT2D eigenvalue weighted by atomic mass is 19.4. The normalized spacial score (nSPS) is 15.1. The van der Waals surface area contributed by atoms with Crippen molar-refractivity contribution >= 4 is 23.9 Å². The van der Waals surface area contributed by atoms with E-state index in [9.17, 15) is 37.7 Å². The van der Waals surface area contributed by atoms with Crippen molar-refractivity contribution in [3.8, 4) is 0 Å². The van der Waals surface area contributed by atoms with Gasteiger partial charge in [0.05, 0.1) is 16.1 Å². The van der Waals surface area contributed by atoms with Gasteiger partial charge in [-0.1, -0.05) is 6.07 Å². The fourth-order valence-corrected chi connectivity index (χ4v) is 2.01. The van der Waals surface area contributed by atoms with Gasteiger partial charge < -0.3 is 4.84 Å². The molecule has 0 atom stereocenters. The van der Waals surface area contributed by atoms with Crippen LogP contribution in [0.25, 0.3) is 6.08 Å². The molecule has 1 aromatic rings. The molecule has 1 heterocycles. The first-order chi connectivity index (χ1) is 11.6. The van der Waals surface area contributed by atoms with E-state index in [2.05, 4.69) is 4.84 Å². The molecule has 0 saturated carbocycles.